The van der Waals surface area contributed by atoms with E-state index in [4.69, 9.17) is 9.47 Å². The third-order valence-corrected chi connectivity index (χ3v) is 4.31. The van der Waals surface area contributed by atoms with Gasteiger partial charge in [-0.2, -0.15) is 0 Å². The second-order valence-corrected chi connectivity index (χ2v) is 5.74. The Balaban J connectivity index is 1.68. The average molecular weight is 281 g/mol. The van der Waals surface area contributed by atoms with Crippen LogP contribution in [0, 0.1) is 6.92 Å². The molecule has 0 saturated heterocycles. The first-order valence-electron chi connectivity index (χ1n) is 7.54. The van der Waals surface area contributed by atoms with Gasteiger partial charge in [0.2, 0.25) is 0 Å². The second-order valence-electron chi connectivity index (χ2n) is 5.74. The summed E-state index contributed by atoms with van der Waals surface area (Å²) in [4.78, 5) is 2.29. The molecule has 0 fully saturated rings. The maximum Gasteiger partial charge on any atom is 0.161 e. The van der Waals surface area contributed by atoms with Gasteiger partial charge >= 0.3 is 0 Å². The highest BCUT2D eigenvalue weighted by molar-refractivity contribution is 5.58. The number of fused-ring (bicyclic) bond motifs is 3. The molecule has 4 rings (SSSR count). The molecule has 2 aliphatic heterocycles. The predicted octanol–water partition coefficient (Wildman–Crippen LogP) is 3.68. The summed E-state index contributed by atoms with van der Waals surface area (Å²) in [6.07, 6.45) is 2.14. The molecule has 2 aromatic rings. The van der Waals surface area contributed by atoms with E-state index in [9.17, 15) is 0 Å². The standard InChI is InChI=1S/C18H19NO2/c1-13-5-2-3-7-16(13)19-11-14-8-9-17-15(6-4-10-20-17)18(14)21-12-19/h2-3,5,7-9H,4,6,10-12H2,1H3. The lowest BCUT2D eigenvalue weighted by Gasteiger charge is -2.34. The fourth-order valence-electron chi connectivity index (χ4n) is 3.23. The Morgan fingerprint density at radius 1 is 1.05 bits per heavy atom. The number of nitrogens with zero attached hydrogens (tertiary/aromatic N) is 1. The summed E-state index contributed by atoms with van der Waals surface area (Å²) in [6.45, 7) is 4.47. The second kappa shape index (κ2) is 4.99. The van der Waals surface area contributed by atoms with Gasteiger partial charge in [0.25, 0.3) is 0 Å². The van der Waals surface area contributed by atoms with Crippen LogP contribution in [0.5, 0.6) is 11.5 Å². The van der Waals surface area contributed by atoms with Gasteiger partial charge in [0.15, 0.2) is 6.73 Å². The minimum Gasteiger partial charge on any atom is -0.493 e. The molecule has 2 aromatic carbocycles. The summed E-state index contributed by atoms with van der Waals surface area (Å²) in [5.74, 6) is 2.06. The van der Waals surface area contributed by atoms with Gasteiger partial charge in [0, 0.05) is 23.4 Å². The van der Waals surface area contributed by atoms with Gasteiger partial charge in [0.05, 0.1) is 6.61 Å². The van der Waals surface area contributed by atoms with Crippen molar-refractivity contribution in [3.05, 3.63) is 53.1 Å². The molecule has 0 aliphatic carbocycles. The monoisotopic (exact) mass is 281 g/mol. The van der Waals surface area contributed by atoms with E-state index in [2.05, 4.69) is 48.2 Å². The number of rotatable bonds is 1. The van der Waals surface area contributed by atoms with Crippen LogP contribution in [0.3, 0.4) is 0 Å². The van der Waals surface area contributed by atoms with E-state index in [1.165, 1.54) is 22.4 Å². The van der Waals surface area contributed by atoms with E-state index in [0.29, 0.717) is 6.73 Å². The quantitative estimate of drug-likeness (QED) is 0.796. The van der Waals surface area contributed by atoms with Crippen LogP contribution in [0.15, 0.2) is 36.4 Å². The van der Waals surface area contributed by atoms with Crippen molar-refractivity contribution in [1.29, 1.82) is 0 Å². The molecule has 2 heterocycles. The SMILES string of the molecule is Cc1ccccc1N1COc2c(ccc3c2CCCO3)C1. The fraction of sp³-hybridized carbons (Fsp3) is 0.333. The number of para-hydroxylation sites is 1. The van der Waals surface area contributed by atoms with Crippen LogP contribution in [-0.2, 0) is 13.0 Å². The van der Waals surface area contributed by atoms with Gasteiger partial charge in [-0.1, -0.05) is 18.2 Å². The van der Waals surface area contributed by atoms with Crippen LogP contribution in [0.25, 0.3) is 0 Å². The van der Waals surface area contributed by atoms with Crippen molar-refractivity contribution in [2.24, 2.45) is 0 Å². The molecule has 0 spiro atoms. The first-order valence-corrected chi connectivity index (χ1v) is 7.54. The number of benzene rings is 2. The zero-order valence-corrected chi connectivity index (χ0v) is 12.3. The number of hydrogen-bond donors (Lipinski definition) is 0. The highest BCUT2D eigenvalue weighted by atomic mass is 16.5. The number of hydrogen-bond acceptors (Lipinski definition) is 3. The molecule has 0 unspecified atom stereocenters. The van der Waals surface area contributed by atoms with Gasteiger partial charge in [-0.15, -0.1) is 0 Å². The van der Waals surface area contributed by atoms with E-state index in [1.807, 2.05) is 0 Å². The molecule has 0 bridgehead atoms. The molecule has 0 saturated carbocycles. The van der Waals surface area contributed by atoms with Crippen molar-refractivity contribution in [2.45, 2.75) is 26.3 Å². The average Bonchev–Trinajstić information content (AvgIpc) is 2.54. The van der Waals surface area contributed by atoms with Crippen LogP contribution in [0.4, 0.5) is 5.69 Å². The molecular weight excluding hydrogens is 262 g/mol. The Labute approximate surface area is 125 Å². The van der Waals surface area contributed by atoms with Crippen LogP contribution >= 0.6 is 0 Å². The number of aryl methyl sites for hydroxylation is 1. The van der Waals surface area contributed by atoms with E-state index in [-0.39, 0.29) is 0 Å². The zero-order chi connectivity index (χ0) is 14.2. The summed E-state index contributed by atoms with van der Waals surface area (Å²) in [6, 6.07) is 12.7. The minimum atomic E-state index is 0.605. The van der Waals surface area contributed by atoms with Crippen LogP contribution in [0.1, 0.15) is 23.1 Å². The fourth-order valence-corrected chi connectivity index (χ4v) is 3.23. The molecule has 0 amide bonds. The van der Waals surface area contributed by atoms with Crippen molar-refractivity contribution in [1.82, 2.24) is 0 Å². The summed E-state index contributed by atoms with van der Waals surface area (Å²) >= 11 is 0. The molecule has 108 valence electrons. The van der Waals surface area contributed by atoms with Crippen molar-refractivity contribution >= 4 is 5.69 Å². The molecule has 0 aromatic heterocycles. The normalized spacial score (nSPS) is 16.5. The van der Waals surface area contributed by atoms with Crippen molar-refractivity contribution in [3.8, 4) is 11.5 Å². The zero-order valence-electron chi connectivity index (χ0n) is 12.3. The molecule has 21 heavy (non-hydrogen) atoms. The topological polar surface area (TPSA) is 21.7 Å². The Hall–Kier alpha value is -2.16. The third kappa shape index (κ3) is 2.13. The summed E-state index contributed by atoms with van der Waals surface area (Å²) in [5, 5.41) is 0. The summed E-state index contributed by atoms with van der Waals surface area (Å²) in [7, 11) is 0. The van der Waals surface area contributed by atoms with Crippen molar-refractivity contribution in [3.63, 3.8) is 0 Å². The van der Waals surface area contributed by atoms with Gasteiger partial charge in [-0.05, 0) is 43.5 Å². The first-order chi connectivity index (χ1) is 10.3. The lowest BCUT2D eigenvalue weighted by Crippen LogP contribution is -2.33. The maximum atomic E-state index is 6.09. The largest absolute Gasteiger partial charge is 0.493 e. The van der Waals surface area contributed by atoms with Gasteiger partial charge in [0.1, 0.15) is 11.5 Å². The highest BCUT2D eigenvalue weighted by Gasteiger charge is 2.24. The van der Waals surface area contributed by atoms with Gasteiger partial charge in [-0.3, -0.25) is 0 Å². The Morgan fingerprint density at radius 2 is 1.95 bits per heavy atom. The maximum absolute atomic E-state index is 6.09. The van der Waals surface area contributed by atoms with E-state index < -0.39 is 0 Å². The molecule has 0 atom stereocenters. The lowest BCUT2D eigenvalue weighted by molar-refractivity contribution is 0.260. The molecule has 3 heteroatoms. The minimum absolute atomic E-state index is 0.605. The number of anilines is 1. The Morgan fingerprint density at radius 3 is 2.86 bits per heavy atom. The Kier molecular flexibility index (Phi) is 2.99. The van der Waals surface area contributed by atoms with Crippen molar-refractivity contribution < 1.29 is 9.47 Å². The first kappa shape index (κ1) is 12.6. The Bertz CT molecular complexity index is 681. The third-order valence-electron chi connectivity index (χ3n) is 4.31. The summed E-state index contributed by atoms with van der Waals surface area (Å²) < 4.78 is 11.8. The van der Waals surface area contributed by atoms with E-state index in [1.54, 1.807) is 0 Å². The van der Waals surface area contributed by atoms with Gasteiger partial charge < -0.3 is 14.4 Å². The molecular formula is C18H19NO2. The predicted molar refractivity (Wildman–Crippen MR) is 83.1 cm³/mol. The lowest BCUT2D eigenvalue weighted by atomic mass is 10.00. The molecule has 3 nitrogen and oxygen atoms in total. The van der Waals surface area contributed by atoms with E-state index >= 15 is 0 Å². The number of ether oxygens (including phenoxy) is 2. The van der Waals surface area contributed by atoms with Crippen LogP contribution < -0.4 is 14.4 Å². The molecule has 0 radical (unpaired) electrons. The van der Waals surface area contributed by atoms with Crippen molar-refractivity contribution in [2.75, 3.05) is 18.2 Å². The smallest absolute Gasteiger partial charge is 0.161 e. The van der Waals surface area contributed by atoms with Gasteiger partial charge in [-0.25, -0.2) is 0 Å². The summed E-state index contributed by atoms with van der Waals surface area (Å²) in [5.41, 5.74) is 5.04. The molecule has 0 N–H and O–H groups in total. The van der Waals surface area contributed by atoms with Crippen LogP contribution in [-0.4, -0.2) is 13.3 Å². The highest BCUT2D eigenvalue weighted by Crippen LogP contribution is 2.39. The van der Waals surface area contributed by atoms with Crippen LogP contribution in [0.2, 0.25) is 0 Å². The molecule has 2 aliphatic rings. The van der Waals surface area contributed by atoms with E-state index in [0.717, 1.165) is 37.5 Å².